The topological polar surface area (TPSA) is 75.6 Å². The average Bonchev–Trinajstić information content (AvgIpc) is 2.50. The Morgan fingerprint density at radius 3 is 2.70 bits per heavy atom. The van der Waals surface area contributed by atoms with Crippen molar-refractivity contribution < 1.29 is 19.4 Å². The lowest BCUT2D eigenvalue weighted by molar-refractivity contribution is -0.119. The second-order valence-electron chi connectivity index (χ2n) is 4.75. The molecule has 2 aromatic carbocycles. The van der Waals surface area contributed by atoms with Gasteiger partial charge in [-0.3, -0.25) is 4.79 Å². The van der Waals surface area contributed by atoms with Crippen molar-refractivity contribution in [1.82, 2.24) is 0 Å². The van der Waals surface area contributed by atoms with Crippen LogP contribution in [0.2, 0.25) is 5.02 Å². The first-order chi connectivity index (χ1) is 10.9. The van der Waals surface area contributed by atoms with E-state index in [9.17, 15) is 14.7 Å². The second-order valence-corrected chi connectivity index (χ2v) is 6.10. The monoisotopic (exact) mass is 397 g/mol. The summed E-state index contributed by atoms with van der Waals surface area (Å²) in [5.41, 5.74) is 1.40. The minimum Gasteiger partial charge on any atom is -0.507 e. The fraction of sp³-hybridized carbons (Fsp3) is 0.125. The lowest BCUT2D eigenvalue weighted by Crippen LogP contribution is -2.21. The highest BCUT2D eigenvalue weighted by Crippen LogP contribution is 2.22. The van der Waals surface area contributed by atoms with E-state index in [4.69, 9.17) is 16.3 Å². The maximum absolute atomic E-state index is 11.9. The highest BCUT2D eigenvalue weighted by atomic mass is 79.9. The molecule has 120 valence electrons. The molecule has 0 aliphatic rings. The van der Waals surface area contributed by atoms with E-state index < -0.39 is 18.5 Å². The van der Waals surface area contributed by atoms with Gasteiger partial charge in [0.2, 0.25) is 0 Å². The third-order valence-corrected chi connectivity index (χ3v) is 3.70. The van der Waals surface area contributed by atoms with Crippen molar-refractivity contribution in [2.45, 2.75) is 6.92 Å². The molecule has 7 heteroatoms. The Morgan fingerprint density at radius 2 is 2.00 bits per heavy atom. The van der Waals surface area contributed by atoms with Crippen molar-refractivity contribution in [3.05, 3.63) is 57.0 Å². The molecular formula is C16H13BrClNO4. The molecule has 0 saturated heterocycles. The van der Waals surface area contributed by atoms with Crippen LogP contribution in [-0.2, 0) is 9.53 Å². The minimum atomic E-state index is -0.826. The summed E-state index contributed by atoms with van der Waals surface area (Å²) in [5.74, 6) is -1.57. The van der Waals surface area contributed by atoms with Gasteiger partial charge in [0.1, 0.15) is 11.3 Å². The number of anilines is 1. The molecule has 0 aliphatic carbocycles. The molecule has 0 atom stereocenters. The number of phenolic OH excluding ortho intramolecular Hbond substituents is 1. The molecule has 0 saturated carbocycles. The van der Waals surface area contributed by atoms with Crippen molar-refractivity contribution in [1.29, 1.82) is 0 Å². The fourth-order valence-corrected chi connectivity index (χ4v) is 2.48. The van der Waals surface area contributed by atoms with Crippen LogP contribution in [0, 0.1) is 6.92 Å². The summed E-state index contributed by atoms with van der Waals surface area (Å²) in [7, 11) is 0. The van der Waals surface area contributed by atoms with Crippen molar-refractivity contribution in [2.24, 2.45) is 0 Å². The Labute approximate surface area is 146 Å². The van der Waals surface area contributed by atoms with Gasteiger partial charge < -0.3 is 15.2 Å². The maximum Gasteiger partial charge on any atom is 0.342 e. The number of esters is 1. The Hall–Kier alpha value is -2.05. The largest absolute Gasteiger partial charge is 0.507 e. The van der Waals surface area contributed by atoms with Crippen LogP contribution in [0.1, 0.15) is 15.9 Å². The van der Waals surface area contributed by atoms with E-state index in [2.05, 4.69) is 21.2 Å². The Bertz CT molecular complexity index is 764. The Kier molecular flexibility index (Phi) is 5.63. The molecule has 23 heavy (non-hydrogen) atoms. The number of nitrogens with one attached hydrogen (secondary N) is 1. The van der Waals surface area contributed by atoms with Gasteiger partial charge in [0, 0.05) is 15.2 Å². The predicted molar refractivity (Wildman–Crippen MR) is 90.9 cm³/mol. The number of halogens is 2. The summed E-state index contributed by atoms with van der Waals surface area (Å²) in [4.78, 5) is 23.7. The molecule has 0 bridgehead atoms. The summed E-state index contributed by atoms with van der Waals surface area (Å²) in [5, 5.41) is 12.5. The first-order valence-corrected chi connectivity index (χ1v) is 7.75. The normalized spacial score (nSPS) is 10.2. The third-order valence-electron chi connectivity index (χ3n) is 2.98. The number of ether oxygens (including phenoxy) is 1. The molecule has 5 nitrogen and oxygen atoms in total. The average molecular weight is 399 g/mol. The van der Waals surface area contributed by atoms with Gasteiger partial charge in [-0.1, -0.05) is 27.5 Å². The molecular weight excluding hydrogens is 386 g/mol. The van der Waals surface area contributed by atoms with Gasteiger partial charge in [-0.2, -0.15) is 0 Å². The Morgan fingerprint density at radius 1 is 1.26 bits per heavy atom. The predicted octanol–water partition coefficient (Wildman–Crippen LogP) is 3.91. The van der Waals surface area contributed by atoms with Gasteiger partial charge in [0.15, 0.2) is 6.61 Å². The van der Waals surface area contributed by atoms with Crippen molar-refractivity contribution >= 4 is 45.1 Å². The summed E-state index contributed by atoms with van der Waals surface area (Å²) in [6, 6.07) is 9.38. The molecule has 0 fully saturated rings. The summed E-state index contributed by atoms with van der Waals surface area (Å²) < 4.78 is 5.78. The van der Waals surface area contributed by atoms with Gasteiger partial charge in [-0.15, -0.1) is 0 Å². The SMILES string of the molecule is Cc1cc(Br)ccc1NC(=O)COC(=O)c1cc(Cl)ccc1O. The molecule has 2 rings (SSSR count). The summed E-state index contributed by atoms with van der Waals surface area (Å²) in [6.45, 7) is 1.37. The number of phenols is 1. The molecule has 0 spiro atoms. The van der Waals surface area contributed by atoms with Crippen LogP contribution < -0.4 is 5.32 Å². The van der Waals surface area contributed by atoms with Crippen LogP contribution in [0.4, 0.5) is 5.69 Å². The number of hydrogen-bond donors (Lipinski definition) is 2. The molecule has 1 amide bonds. The maximum atomic E-state index is 11.9. The highest BCUT2D eigenvalue weighted by Gasteiger charge is 2.15. The first-order valence-electron chi connectivity index (χ1n) is 6.58. The van der Waals surface area contributed by atoms with Crippen molar-refractivity contribution in [3.8, 4) is 5.75 Å². The standard InChI is InChI=1S/C16H13BrClNO4/c1-9-6-10(17)2-4-13(9)19-15(21)8-23-16(22)12-7-11(18)3-5-14(12)20/h2-7,20H,8H2,1H3,(H,19,21). The molecule has 2 aromatic rings. The number of carbonyl (C=O) groups excluding carboxylic acids is 2. The smallest absolute Gasteiger partial charge is 0.342 e. The van der Waals surface area contributed by atoms with Gasteiger partial charge in [0.05, 0.1) is 0 Å². The second kappa shape index (κ2) is 7.48. The van der Waals surface area contributed by atoms with Crippen molar-refractivity contribution in [2.75, 3.05) is 11.9 Å². The van der Waals surface area contributed by atoms with E-state index in [1.54, 1.807) is 12.1 Å². The highest BCUT2D eigenvalue weighted by molar-refractivity contribution is 9.10. The van der Waals surface area contributed by atoms with Gasteiger partial charge in [-0.25, -0.2) is 4.79 Å². The summed E-state index contributed by atoms with van der Waals surface area (Å²) >= 11 is 9.09. The molecule has 0 aromatic heterocycles. The lowest BCUT2D eigenvalue weighted by Gasteiger charge is -2.10. The van der Waals surface area contributed by atoms with E-state index in [1.165, 1.54) is 18.2 Å². The van der Waals surface area contributed by atoms with E-state index in [0.29, 0.717) is 5.69 Å². The zero-order valence-corrected chi connectivity index (χ0v) is 14.4. The van der Waals surface area contributed by atoms with Crippen LogP contribution >= 0.6 is 27.5 Å². The molecule has 0 radical (unpaired) electrons. The number of rotatable bonds is 4. The minimum absolute atomic E-state index is 0.0925. The molecule has 0 aliphatic heterocycles. The van der Waals surface area contributed by atoms with Gasteiger partial charge in [0.25, 0.3) is 5.91 Å². The Balaban J connectivity index is 1.96. The van der Waals surface area contributed by atoms with Crippen LogP contribution in [0.5, 0.6) is 5.75 Å². The fourth-order valence-electron chi connectivity index (χ4n) is 1.83. The zero-order chi connectivity index (χ0) is 17.0. The van der Waals surface area contributed by atoms with E-state index in [-0.39, 0.29) is 16.3 Å². The quantitative estimate of drug-likeness (QED) is 0.766. The zero-order valence-electron chi connectivity index (χ0n) is 12.1. The van der Waals surface area contributed by atoms with Crippen LogP contribution in [0.25, 0.3) is 0 Å². The van der Waals surface area contributed by atoms with E-state index >= 15 is 0 Å². The van der Waals surface area contributed by atoms with Gasteiger partial charge in [-0.05, 0) is 48.9 Å². The summed E-state index contributed by atoms with van der Waals surface area (Å²) in [6.07, 6.45) is 0. The lowest BCUT2D eigenvalue weighted by atomic mass is 10.2. The van der Waals surface area contributed by atoms with E-state index in [1.807, 2.05) is 13.0 Å². The van der Waals surface area contributed by atoms with Crippen molar-refractivity contribution in [3.63, 3.8) is 0 Å². The number of carbonyl (C=O) groups is 2. The van der Waals surface area contributed by atoms with Crippen LogP contribution in [-0.4, -0.2) is 23.6 Å². The van der Waals surface area contributed by atoms with E-state index in [0.717, 1.165) is 10.0 Å². The number of hydrogen-bond acceptors (Lipinski definition) is 4. The van der Waals surface area contributed by atoms with Gasteiger partial charge >= 0.3 is 5.97 Å². The molecule has 0 unspecified atom stereocenters. The first kappa shape index (κ1) is 17.3. The van der Waals surface area contributed by atoms with Crippen LogP contribution in [0.15, 0.2) is 40.9 Å². The molecule has 0 heterocycles. The number of amides is 1. The van der Waals surface area contributed by atoms with Crippen LogP contribution in [0.3, 0.4) is 0 Å². The third kappa shape index (κ3) is 4.71. The number of aryl methyl sites for hydroxylation is 1. The number of benzene rings is 2. The number of aromatic hydroxyl groups is 1. The molecule has 2 N–H and O–H groups in total.